The Morgan fingerprint density at radius 3 is 2.00 bits per heavy atom. The summed E-state index contributed by atoms with van der Waals surface area (Å²) in [4.78, 5) is 23.2. The molecule has 2 aromatic carbocycles. The van der Waals surface area contributed by atoms with Crippen LogP contribution in [0.3, 0.4) is 0 Å². The van der Waals surface area contributed by atoms with Crippen molar-refractivity contribution in [2.45, 2.75) is 38.5 Å². The number of aliphatic carboxylic acids is 1. The van der Waals surface area contributed by atoms with Crippen LogP contribution in [0.2, 0.25) is 0 Å². The Morgan fingerprint density at radius 2 is 1.56 bits per heavy atom. The zero-order valence-electron chi connectivity index (χ0n) is 15.1. The molecule has 132 valence electrons. The second-order valence-corrected chi connectivity index (χ2v) is 7.16. The first-order valence-corrected chi connectivity index (χ1v) is 8.23. The van der Waals surface area contributed by atoms with E-state index >= 15 is 0 Å². The highest BCUT2D eigenvalue weighted by atomic mass is 16.5. The predicted molar refractivity (Wildman–Crippen MR) is 97.0 cm³/mol. The molecule has 1 atom stereocenters. The van der Waals surface area contributed by atoms with Crippen molar-refractivity contribution >= 4 is 11.9 Å². The van der Waals surface area contributed by atoms with Crippen LogP contribution in [0, 0.1) is 0 Å². The Balaban J connectivity index is 2.21. The zero-order valence-corrected chi connectivity index (χ0v) is 15.1. The average molecular weight is 340 g/mol. The number of hydrogen-bond donors (Lipinski definition) is 1. The maximum Gasteiger partial charge on any atom is 0.337 e. The molecule has 25 heavy (non-hydrogen) atoms. The van der Waals surface area contributed by atoms with Gasteiger partial charge in [0.1, 0.15) is 0 Å². The first-order valence-electron chi connectivity index (χ1n) is 8.23. The molecule has 0 saturated heterocycles. The van der Waals surface area contributed by atoms with Gasteiger partial charge in [-0.25, -0.2) is 4.79 Å². The highest BCUT2D eigenvalue weighted by Gasteiger charge is 2.22. The number of carbonyl (C=O) groups is 2. The molecule has 0 heterocycles. The van der Waals surface area contributed by atoms with Crippen molar-refractivity contribution in [3.05, 3.63) is 70.8 Å². The summed E-state index contributed by atoms with van der Waals surface area (Å²) in [5.74, 6) is -1.89. The minimum absolute atomic E-state index is 0.0287. The van der Waals surface area contributed by atoms with Crippen molar-refractivity contribution in [1.82, 2.24) is 0 Å². The van der Waals surface area contributed by atoms with Crippen LogP contribution < -0.4 is 0 Å². The molecule has 0 spiro atoms. The first-order chi connectivity index (χ1) is 11.7. The van der Waals surface area contributed by atoms with Gasteiger partial charge in [-0.2, -0.15) is 0 Å². The normalized spacial score (nSPS) is 12.5. The van der Waals surface area contributed by atoms with E-state index in [0.717, 1.165) is 11.1 Å². The van der Waals surface area contributed by atoms with Gasteiger partial charge in [0.25, 0.3) is 0 Å². The summed E-state index contributed by atoms with van der Waals surface area (Å²) in [6, 6.07) is 14.6. The molecule has 0 bridgehead atoms. The van der Waals surface area contributed by atoms with Crippen molar-refractivity contribution in [3.8, 4) is 0 Å². The molecule has 0 amide bonds. The summed E-state index contributed by atoms with van der Waals surface area (Å²) in [6.45, 7) is 6.37. The van der Waals surface area contributed by atoms with Crippen molar-refractivity contribution in [2.75, 3.05) is 7.11 Å². The summed E-state index contributed by atoms with van der Waals surface area (Å²) >= 11 is 0. The van der Waals surface area contributed by atoms with Crippen molar-refractivity contribution in [3.63, 3.8) is 0 Å². The van der Waals surface area contributed by atoms with Crippen LogP contribution in [0.5, 0.6) is 0 Å². The van der Waals surface area contributed by atoms with Crippen LogP contribution in [0.25, 0.3) is 0 Å². The molecular formula is C21H24O4. The number of methoxy groups -OCH3 is 1. The van der Waals surface area contributed by atoms with Crippen LogP contribution in [-0.2, 0) is 21.4 Å². The smallest absolute Gasteiger partial charge is 0.337 e. The molecule has 1 N–H and O–H groups in total. The largest absolute Gasteiger partial charge is 0.481 e. The highest BCUT2D eigenvalue weighted by Crippen LogP contribution is 2.26. The number of hydrogen-bond acceptors (Lipinski definition) is 3. The summed E-state index contributed by atoms with van der Waals surface area (Å²) < 4.78 is 4.67. The summed E-state index contributed by atoms with van der Waals surface area (Å²) in [5.41, 5.74) is 3.29. The molecule has 0 aliphatic rings. The number of ether oxygens (including phenoxy) is 1. The third kappa shape index (κ3) is 4.69. The number of rotatable bonds is 5. The van der Waals surface area contributed by atoms with Crippen molar-refractivity contribution in [2.24, 2.45) is 0 Å². The van der Waals surface area contributed by atoms with Crippen molar-refractivity contribution in [1.29, 1.82) is 0 Å². The van der Waals surface area contributed by atoms with Gasteiger partial charge in [0, 0.05) is 0 Å². The second kappa shape index (κ2) is 7.51. The number of carboxylic acid groups (broad SMARTS) is 1. The van der Waals surface area contributed by atoms with Gasteiger partial charge in [-0.3, -0.25) is 4.79 Å². The Bertz CT molecular complexity index is 737. The third-order valence-electron chi connectivity index (χ3n) is 4.29. The quantitative estimate of drug-likeness (QED) is 0.829. The van der Waals surface area contributed by atoms with E-state index in [9.17, 15) is 14.7 Å². The van der Waals surface area contributed by atoms with E-state index in [2.05, 4.69) is 25.5 Å². The second-order valence-electron chi connectivity index (χ2n) is 7.16. The van der Waals surface area contributed by atoms with Gasteiger partial charge in [-0.1, -0.05) is 57.2 Å². The summed E-state index contributed by atoms with van der Waals surface area (Å²) in [7, 11) is 1.33. The number of carboxylic acids is 1. The van der Waals surface area contributed by atoms with Gasteiger partial charge in [0.05, 0.1) is 18.6 Å². The molecule has 4 heteroatoms. The molecule has 4 nitrogen and oxygen atoms in total. The van der Waals surface area contributed by atoms with E-state index in [4.69, 9.17) is 0 Å². The molecule has 0 saturated carbocycles. The lowest BCUT2D eigenvalue weighted by molar-refractivity contribution is -0.138. The topological polar surface area (TPSA) is 63.6 Å². The predicted octanol–water partition coefficient (Wildman–Crippen LogP) is 4.18. The van der Waals surface area contributed by atoms with Crippen LogP contribution in [-0.4, -0.2) is 24.2 Å². The lowest BCUT2D eigenvalue weighted by atomic mass is 9.84. The van der Waals surface area contributed by atoms with E-state index in [-0.39, 0.29) is 5.41 Å². The minimum Gasteiger partial charge on any atom is -0.481 e. The molecule has 0 aliphatic carbocycles. The fraction of sp³-hybridized carbons (Fsp3) is 0.333. The van der Waals surface area contributed by atoms with Gasteiger partial charge in [0.2, 0.25) is 0 Å². The van der Waals surface area contributed by atoms with Crippen LogP contribution in [0.1, 0.15) is 53.7 Å². The highest BCUT2D eigenvalue weighted by molar-refractivity contribution is 5.89. The fourth-order valence-corrected chi connectivity index (χ4v) is 2.69. The van der Waals surface area contributed by atoms with E-state index in [1.54, 1.807) is 24.3 Å². The molecule has 0 fully saturated rings. The Labute approximate surface area is 148 Å². The van der Waals surface area contributed by atoms with Gasteiger partial charge >= 0.3 is 11.9 Å². The van der Waals surface area contributed by atoms with Crippen LogP contribution in [0.15, 0.2) is 48.5 Å². The van der Waals surface area contributed by atoms with E-state index in [0.29, 0.717) is 12.0 Å². The third-order valence-corrected chi connectivity index (χ3v) is 4.29. The lowest BCUT2D eigenvalue weighted by Crippen LogP contribution is -2.16. The number of esters is 1. The Kier molecular flexibility index (Phi) is 5.62. The van der Waals surface area contributed by atoms with Gasteiger partial charge in [-0.15, -0.1) is 0 Å². The molecule has 0 aromatic heterocycles. The molecular weight excluding hydrogens is 316 g/mol. The Morgan fingerprint density at radius 1 is 1.00 bits per heavy atom. The molecule has 0 aliphatic heterocycles. The Hall–Kier alpha value is -2.62. The van der Waals surface area contributed by atoms with Gasteiger partial charge in [-0.05, 0) is 40.7 Å². The first kappa shape index (κ1) is 18.7. The standard InChI is InChI=1S/C21H24O4/c1-21(2,3)17-11-9-15(10-12-17)18(19(22)23)13-14-5-7-16(8-6-14)20(24)25-4/h5-12,18H,13H2,1-4H3,(H,22,23)/t18-/m1/s1. The molecule has 0 unspecified atom stereocenters. The maximum atomic E-state index is 11.7. The SMILES string of the molecule is COC(=O)c1ccc(C[C@@H](C(=O)O)c2ccc(C(C)(C)C)cc2)cc1. The lowest BCUT2D eigenvalue weighted by Gasteiger charge is -2.20. The van der Waals surface area contributed by atoms with E-state index in [1.807, 2.05) is 24.3 Å². The van der Waals surface area contributed by atoms with Gasteiger partial charge in [0.15, 0.2) is 0 Å². The maximum absolute atomic E-state index is 11.7. The summed E-state index contributed by atoms with van der Waals surface area (Å²) in [5, 5.41) is 9.62. The zero-order chi connectivity index (χ0) is 18.6. The van der Waals surface area contributed by atoms with Crippen LogP contribution in [0.4, 0.5) is 0 Å². The monoisotopic (exact) mass is 340 g/mol. The van der Waals surface area contributed by atoms with Gasteiger partial charge < -0.3 is 9.84 Å². The number of carbonyl (C=O) groups excluding carboxylic acids is 1. The van der Waals surface area contributed by atoms with E-state index < -0.39 is 17.9 Å². The van der Waals surface area contributed by atoms with E-state index in [1.165, 1.54) is 12.7 Å². The summed E-state index contributed by atoms with van der Waals surface area (Å²) in [6.07, 6.45) is 0.367. The molecule has 0 radical (unpaired) electrons. The molecule has 2 aromatic rings. The fourth-order valence-electron chi connectivity index (χ4n) is 2.69. The minimum atomic E-state index is -0.861. The van der Waals surface area contributed by atoms with Crippen LogP contribution >= 0.6 is 0 Å². The number of benzene rings is 2. The average Bonchev–Trinajstić information content (AvgIpc) is 2.58. The molecule has 2 rings (SSSR count). The van der Waals surface area contributed by atoms with Crippen molar-refractivity contribution < 1.29 is 19.4 Å².